The van der Waals surface area contributed by atoms with E-state index in [1.807, 2.05) is 61.5 Å². The van der Waals surface area contributed by atoms with Gasteiger partial charge in [-0.25, -0.2) is 9.79 Å². The van der Waals surface area contributed by atoms with E-state index in [1.54, 1.807) is 4.90 Å². The Hall–Kier alpha value is -4.11. The molecule has 9 heteroatoms. The highest BCUT2D eigenvalue weighted by molar-refractivity contribution is 8.15. The Kier molecular flexibility index (Phi) is 8.02. The summed E-state index contributed by atoms with van der Waals surface area (Å²) in [6, 6.07) is 22.8. The molecular weight excluding hydrogens is 478 g/mol. The molecule has 4 rings (SSSR count). The minimum atomic E-state index is -1.04. The summed E-state index contributed by atoms with van der Waals surface area (Å²) in [4.78, 5) is 43.3. The van der Waals surface area contributed by atoms with E-state index in [9.17, 15) is 14.4 Å². The number of nitrogens with one attached hydrogen (secondary N) is 1. The molecule has 0 unspecified atom stereocenters. The second kappa shape index (κ2) is 11.5. The van der Waals surface area contributed by atoms with Crippen LogP contribution in [0.1, 0.15) is 29.3 Å². The van der Waals surface area contributed by atoms with Crippen LogP contribution in [-0.2, 0) is 16.1 Å². The molecule has 1 heterocycles. The zero-order chi connectivity index (χ0) is 25.5. The third kappa shape index (κ3) is 6.31. The van der Waals surface area contributed by atoms with Crippen molar-refractivity contribution in [1.29, 1.82) is 0 Å². The summed E-state index contributed by atoms with van der Waals surface area (Å²) in [7, 11) is 0. The van der Waals surface area contributed by atoms with E-state index in [2.05, 4.69) is 5.32 Å². The van der Waals surface area contributed by atoms with Crippen molar-refractivity contribution in [3.63, 3.8) is 0 Å². The van der Waals surface area contributed by atoms with Gasteiger partial charge in [-0.3, -0.25) is 14.5 Å². The molecule has 2 N–H and O–H groups in total. The van der Waals surface area contributed by atoms with Gasteiger partial charge in [-0.1, -0.05) is 42.1 Å². The van der Waals surface area contributed by atoms with Crippen LogP contribution in [0.4, 0.5) is 11.4 Å². The van der Waals surface area contributed by atoms with E-state index < -0.39 is 11.2 Å². The lowest BCUT2D eigenvalue weighted by atomic mass is 10.2. The fourth-order valence-electron chi connectivity index (χ4n) is 3.61. The van der Waals surface area contributed by atoms with Crippen LogP contribution < -0.4 is 10.1 Å². The molecule has 36 heavy (non-hydrogen) atoms. The second-order valence-electron chi connectivity index (χ2n) is 7.97. The van der Waals surface area contributed by atoms with Crippen molar-refractivity contribution in [1.82, 2.24) is 4.90 Å². The lowest BCUT2D eigenvalue weighted by Crippen LogP contribution is -2.33. The molecule has 3 aromatic rings. The van der Waals surface area contributed by atoms with E-state index in [-0.39, 0.29) is 23.8 Å². The van der Waals surface area contributed by atoms with Gasteiger partial charge in [-0.2, -0.15) is 0 Å². The summed E-state index contributed by atoms with van der Waals surface area (Å²) in [6.07, 6.45) is -0.0439. The SMILES string of the molecule is CCOc1ccc(N=C2S[C@H](CC(=O)Nc3ccc(C(=O)O)cc3)C(=O)N2Cc2ccccc2)cc1. The maximum absolute atomic E-state index is 13.3. The number of amides is 2. The van der Waals surface area contributed by atoms with Crippen LogP contribution in [0.25, 0.3) is 0 Å². The topological polar surface area (TPSA) is 108 Å². The maximum Gasteiger partial charge on any atom is 0.335 e. The standard InChI is InChI=1S/C27H25N3O5S/c1-2-35-22-14-12-21(13-15-22)29-27-30(17-18-6-4-3-5-7-18)25(32)23(36-27)16-24(31)28-20-10-8-19(9-11-20)26(33)34/h3-15,23H,2,16-17H2,1H3,(H,28,31)(H,33,34)/t23-/m1/s1. The number of anilines is 1. The smallest absolute Gasteiger partial charge is 0.335 e. The number of aliphatic imine (C=N–C) groups is 1. The minimum Gasteiger partial charge on any atom is -0.494 e. The van der Waals surface area contributed by atoms with Gasteiger partial charge in [0.2, 0.25) is 11.8 Å². The van der Waals surface area contributed by atoms with Crippen LogP contribution in [0.2, 0.25) is 0 Å². The normalized spacial score (nSPS) is 16.2. The molecule has 0 radical (unpaired) electrons. The van der Waals surface area contributed by atoms with Crippen LogP contribution in [0.3, 0.4) is 0 Å². The lowest BCUT2D eigenvalue weighted by Gasteiger charge is -2.16. The first kappa shape index (κ1) is 25.0. The molecule has 2 amide bonds. The second-order valence-corrected chi connectivity index (χ2v) is 9.14. The average Bonchev–Trinajstić information content (AvgIpc) is 3.15. The number of amidine groups is 1. The Morgan fingerprint density at radius 1 is 1.03 bits per heavy atom. The first-order valence-corrected chi connectivity index (χ1v) is 12.3. The fourth-order valence-corrected chi connectivity index (χ4v) is 4.76. The van der Waals surface area contributed by atoms with Gasteiger partial charge >= 0.3 is 5.97 Å². The van der Waals surface area contributed by atoms with Crippen LogP contribution >= 0.6 is 11.8 Å². The van der Waals surface area contributed by atoms with E-state index >= 15 is 0 Å². The number of hydrogen-bond donors (Lipinski definition) is 2. The number of carbonyl (C=O) groups excluding carboxylic acids is 2. The highest BCUT2D eigenvalue weighted by Gasteiger charge is 2.39. The number of thioether (sulfide) groups is 1. The third-order valence-corrected chi connectivity index (χ3v) is 6.54. The van der Waals surface area contributed by atoms with Gasteiger partial charge in [0.15, 0.2) is 5.17 Å². The van der Waals surface area contributed by atoms with Crippen molar-refractivity contribution in [2.24, 2.45) is 4.99 Å². The summed E-state index contributed by atoms with van der Waals surface area (Å²) in [5.74, 6) is -0.835. The summed E-state index contributed by atoms with van der Waals surface area (Å²) >= 11 is 1.26. The molecule has 0 spiro atoms. The van der Waals surface area contributed by atoms with Crippen molar-refractivity contribution in [3.05, 3.63) is 90.0 Å². The molecule has 1 atom stereocenters. The van der Waals surface area contributed by atoms with Crippen molar-refractivity contribution >= 4 is 46.1 Å². The predicted molar refractivity (Wildman–Crippen MR) is 140 cm³/mol. The van der Waals surface area contributed by atoms with Crippen molar-refractivity contribution < 1.29 is 24.2 Å². The van der Waals surface area contributed by atoms with Gasteiger partial charge < -0.3 is 15.2 Å². The first-order chi connectivity index (χ1) is 17.4. The number of benzene rings is 3. The lowest BCUT2D eigenvalue weighted by molar-refractivity contribution is -0.128. The highest BCUT2D eigenvalue weighted by atomic mass is 32.2. The van der Waals surface area contributed by atoms with Crippen LogP contribution in [0.5, 0.6) is 5.75 Å². The number of rotatable bonds is 9. The van der Waals surface area contributed by atoms with Gasteiger partial charge in [0.05, 0.1) is 24.4 Å². The summed E-state index contributed by atoms with van der Waals surface area (Å²) in [6.45, 7) is 2.82. The molecule has 184 valence electrons. The Morgan fingerprint density at radius 2 is 1.72 bits per heavy atom. The van der Waals surface area contributed by atoms with E-state index in [4.69, 9.17) is 14.8 Å². The van der Waals surface area contributed by atoms with Crippen molar-refractivity contribution in [2.45, 2.75) is 25.1 Å². The predicted octanol–water partition coefficient (Wildman–Crippen LogP) is 4.94. The highest BCUT2D eigenvalue weighted by Crippen LogP contribution is 2.33. The van der Waals surface area contributed by atoms with E-state index in [1.165, 1.54) is 36.0 Å². The molecule has 1 saturated heterocycles. The fraction of sp³-hybridized carbons (Fsp3) is 0.185. The molecule has 0 saturated carbocycles. The third-order valence-electron chi connectivity index (χ3n) is 5.36. The first-order valence-electron chi connectivity index (χ1n) is 11.4. The molecular formula is C27H25N3O5S. The zero-order valence-corrected chi connectivity index (χ0v) is 20.4. The maximum atomic E-state index is 13.3. The van der Waals surface area contributed by atoms with Crippen molar-refractivity contribution in [3.8, 4) is 5.75 Å². The van der Waals surface area contributed by atoms with Gasteiger partial charge in [0, 0.05) is 12.1 Å². The monoisotopic (exact) mass is 503 g/mol. The number of ether oxygens (including phenoxy) is 1. The molecule has 0 aliphatic carbocycles. The number of aromatic carboxylic acids is 1. The number of nitrogens with zero attached hydrogens (tertiary/aromatic N) is 2. The van der Waals surface area contributed by atoms with Crippen LogP contribution in [-0.4, -0.2) is 44.8 Å². The van der Waals surface area contributed by atoms with Gasteiger partial charge in [-0.15, -0.1) is 0 Å². The van der Waals surface area contributed by atoms with Gasteiger partial charge in [0.25, 0.3) is 0 Å². The molecule has 1 aliphatic rings. The number of hydrogen-bond acceptors (Lipinski definition) is 6. The van der Waals surface area contributed by atoms with Crippen LogP contribution in [0.15, 0.2) is 83.9 Å². The van der Waals surface area contributed by atoms with Gasteiger partial charge in [0.1, 0.15) is 11.0 Å². The van der Waals surface area contributed by atoms with Crippen LogP contribution in [0, 0.1) is 0 Å². The molecule has 1 aliphatic heterocycles. The molecule has 0 bridgehead atoms. The number of carboxylic acids is 1. The Morgan fingerprint density at radius 3 is 2.36 bits per heavy atom. The van der Waals surface area contributed by atoms with E-state index in [0.717, 1.165) is 11.3 Å². The number of carboxylic acid groups (broad SMARTS) is 1. The largest absolute Gasteiger partial charge is 0.494 e. The molecule has 1 fully saturated rings. The Balaban J connectivity index is 1.50. The Bertz CT molecular complexity index is 1260. The van der Waals surface area contributed by atoms with Gasteiger partial charge in [-0.05, 0) is 61.0 Å². The molecule has 8 nitrogen and oxygen atoms in total. The molecule has 0 aromatic heterocycles. The average molecular weight is 504 g/mol. The summed E-state index contributed by atoms with van der Waals surface area (Å²) in [5, 5.41) is 11.7. The molecule has 3 aromatic carbocycles. The zero-order valence-electron chi connectivity index (χ0n) is 19.6. The Labute approximate surface area is 213 Å². The minimum absolute atomic E-state index is 0.0439. The van der Waals surface area contributed by atoms with E-state index in [0.29, 0.717) is 29.7 Å². The summed E-state index contributed by atoms with van der Waals surface area (Å²) in [5.41, 5.74) is 2.22. The quantitative estimate of drug-likeness (QED) is 0.428. The number of carbonyl (C=O) groups is 3. The summed E-state index contributed by atoms with van der Waals surface area (Å²) < 4.78 is 5.48. The van der Waals surface area contributed by atoms with Crippen molar-refractivity contribution in [2.75, 3.05) is 11.9 Å².